The van der Waals surface area contributed by atoms with E-state index in [2.05, 4.69) is 10.4 Å². The number of carbonyl (C=O) groups excluding carboxylic acids is 2. The third-order valence-electron chi connectivity index (χ3n) is 2.83. The summed E-state index contributed by atoms with van der Waals surface area (Å²) in [5.74, 6) is -1.04. The molecule has 0 fully saturated rings. The molecule has 106 valence electrons. The summed E-state index contributed by atoms with van der Waals surface area (Å²) in [5.41, 5.74) is 2.16. The van der Waals surface area contributed by atoms with Crippen molar-refractivity contribution in [2.75, 3.05) is 11.9 Å². The maximum Gasteiger partial charge on any atom is 0.374 e. The van der Waals surface area contributed by atoms with E-state index in [0.29, 0.717) is 11.4 Å². The van der Waals surface area contributed by atoms with Gasteiger partial charge in [0.2, 0.25) is 5.76 Å². The number of hydrogen-bond donors (Lipinski definition) is 1. The van der Waals surface area contributed by atoms with Crippen LogP contribution in [0.4, 0.5) is 5.69 Å². The van der Waals surface area contributed by atoms with Crippen LogP contribution < -0.4 is 5.32 Å². The molecule has 7 nitrogen and oxygen atoms in total. The first kappa shape index (κ1) is 13.9. The number of rotatable bonds is 4. The molecule has 1 amide bonds. The number of nitrogens with one attached hydrogen (secondary N) is 1. The van der Waals surface area contributed by atoms with Crippen LogP contribution in [0.3, 0.4) is 0 Å². The molecule has 7 heteroatoms. The van der Waals surface area contributed by atoms with Crippen molar-refractivity contribution >= 4 is 17.6 Å². The summed E-state index contributed by atoms with van der Waals surface area (Å²) in [6.45, 7) is 3.25. The van der Waals surface area contributed by atoms with Crippen molar-refractivity contribution in [3.8, 4) is 0 Å². The SMILES string of the molecule is Cc1nn(C)c(C)c1NC(=O)COC(=O)c1ccco1. The second kappa shape index (κ2) is 5.60. The first-order valence-electron chi connectivity index (χ1n) is 5.99. The Labute approximate surface area is 115 Å². The highest BCUT2D eigenvalue weighted by molar-refractivity contribution is 5.95. The molecule has 0 atom stereocenters. The molecular formula is C13H15N3O4. The fraction of sp³-hybridized carbons (Fsp3) is 0.308. The lowest BCUT2D eigenvalue weighted by Crippen LogP contribution is -2.21. The van der Waals surface area contributed by atoms with Gasteiger partial charge < -0.3 is 14.5 Å². The minimum atomic E-state index is -0.676. The summed E-state index contributed by atoms with van der Waals surface area (Å²) in [4.78, 5) is 23.2. The van der Waals surface area contributed by atoms with Gasteiger partial charge in [-0.15, -0.1) is 0 Å². The third kappa shape index (κ3) is 2.87. The number of carbonyl (C=O) groups is 2. The van der Waals surface area contributed by atoms with Crippen LogP contribution in [-0.2, 0) is 16.6 Å². The smallest absolute Gasteiger partial charge is 0.374 e. The van der Waals surface area contributed by atoms with Crippen molar-refractivity contribution in [3.05, 3.63) is 35.5 Å². The molecule has 0 bridgehead atoms. The standard InChI is InChI=1S/C13H15N3O4/c1-8-12(9(2)16(3)15-8)14-11(17)7-20-13(18)10-5-4-6-19-10/h4-6H,7H2,1-3H3,(H,14,17). The Kier molecular flexibility index (Phi) is 3.88. The van der Waals surface area contributed by atoms with Crippen LogP contribution >= 0.6 is 0 Å². The predicted molar refractivity (Wildman–Crippen MR) is 70.3 cm³/mol. The summed E-state index contributed by atoms with van der Waals surface area (Å²) in [5, 5.41) is 6.85. The largest absolute Gasteiger partial charge is 0.457 e. The fourth-order valence-electron chi connectivity index (χ4n) is 1.73. The lowest BCUT2D eigenvalue weighted by Gasteiger charge is -2.06. The number of nitrogens with zero attached hydrogens (tertiary/aromatic N) is 2. The van der Waals surface area contributed by atoms with E-state index in [1.165, 1.54) is 12.3 Å². The molecule has 0 spiro atoms. The van der Waals surface area contributed by atoms with E-state index in [0.717, 1.165) is 5.69 Å². The first-order chi connectivity index (χ1) is 9.49. The van der Waals surface area contributed by atoms with Gasteiger partial charge in [-0.05, 0) is 26.0 Å². The lowest BCUT2D eigenvalue weighted by atomic mass is 10.3. The molecule has 0 aliphatic rings. The van der Waals surface area contributed by atoms with E-state index in [1.807, 2.05) is 6.92 Å². The molecule has 0 saturated carbocycles. The Morgan fingerprint density at radius 1 is 1.45 bits per heavy atom. The molecule has 20 heavy (non-hydrogen) atoms. The second-order valence-corrected chi connectivity index (χ2v) is 4.27. The molecule has 0 aliphatic carbocycles. The highest BCUT2D eigenvalue weighted by atomic mass is 16.5. The Morgan fingerprint density at radius 2 is 2.20 bits per heavy atom. The zero-order valence-electron chi connectivity index (χ0n) is 11.5. The topological polar surface area (TPSA) is 86.4 Å². The number of hydrogen-bond acceptors (Lipinski definition) is 5. The van der Waals surface area contributed by atoms with Gasteiger partial charge in [0, 0.05) is 7.05 Å². The van der Waals surface area contributed by atoms with Crippen molar-refractivity contribution < 1.29 is 18.7 Å². The molecule has 2 heterocycles. The summed E-state index contributed by atoms with van der Waals surface area (Å²) < 4.78 is 11.4. The molecule has 0 saturated heterocycles. The van der Waals surface area contributed by atoms with Gasteiger partial charge in [0.15, 0.2) is 6.61 Å². The molecule has 2 rings (SSSR count). The molecule has 0 aromatic carbocycles. The number of anilines is 1. The van der Waals surface area contributed by atoms with Crippen LogP contribution in [0.5, 0.6) is 0 Å². The molecular weight excluding hydrogens is 262 g/mol. The van der Waals surface area contributed by atoms with Crippen LogP contribution in [0.1, 0.15) is 21.9 Å². The van der Waals surface area contributed by atoms with Gasteiger partial charge in [0.25, 0.3) is 5.91 Å². The number of aryl methyl sites for hydroxylation is 2. The summed E-state index contributed by atoms with van der Waals surface area (Å²) in [7, 11) is 1.79. The predicted octanol–water partition coefficient (Wildman–Crippen LogP) is 1.43. The highest BCUT2D eigenvalue weighted by Gasteiger charge is 2.15. The van der Waals surface area contributed by atoms with E-state index < -0.39 is 11.9 Å². The van der Waals surface area contributed by atoms with Gasteiger partial charge in [0.05, 0.1) is 23.3 Å². The van der Waals surface area contributed by atoms with Crippen LogP contribution in [0.15, 0.2) is 22.8 Å². The van der Waals surface area contributed by atoms with Crippen LogP contribution in [0, 0.1) is 13.8 Å². The van der Waals surface area contributed by atoms with Gasteiger partial charge in [-0.25, -0.2) is 4.79 Å². The Balaban J connectivity index is 1.91. The Hall–Kier alpha value is -2.57. The molecule has 0 unspecified atom stereocenters. The van der Waals surface area contributed by atoms with Crippen molar-refractivity contribution in [2.24, 2.45) is 7.05 Å². The fourth-order valence-corrected chi connectivity index (χ4v) is 1.73. The number of amides is 1. The third-order valence-corrected chi connectivity index (χ3v) is 2.83. The molecule has 2 aromatic rings. The maximum atomic E-state index is 11.7. The molecule has 2 aromatic heterocycles. The first-order valence-corrected chi connectivity index (χ1v) is 5.99. The van der Waals surface area contributed by atoms with Crippen molar-refractivity contribution in [1.29, 1.82) is 0 Å². The minimum absolute atomic E-state index is 0.0616. The van der Waals surface area contributed by atoms with Gasteiger partial charge in [0.1, 0.15) is 0 Å². The Bertz CT molecular complexity index is 628. The average Bonchev–Trinajstić information content (AvgIpc) is 3.01. The quantitative estimate of drug-likeness (QED) is 0.854. The van der Waals surface area contributed by atoms with Crippen molar-refractivity contribution in [2.45, 2.75) is 13.8 Å². The van der Waals surface area contributed by atoms with E-state index in [1.54, 1.807) is 24.7 Å². The number of aromatic nitrogens is 2. The average molecular weight is 277 g/mol. The zero-order valence-corrected chi connectivity index (χ0v) is 11.5. The van der Waals surface area contributed by atoms with Gasteiger partial charge in [-0.2, -0.15) is 5.10 Å². The summed E-state index contributed by atoms with van der Waals surface area (Å²) in [6, 6.07) is 3.04. The van der Waals surface area contributed by atoms with Gasteiger partial charge in [-0.1, -0.05) is 0 Å². The van der Waals surface area contributed by atoms with Crippen molar-refractivity contribution in [3.63, 3.8) is 0 Å². The van der Waals surface area contributed by atoms with Crippen LogP contribution in [-0.4, -0.2) is 28.3 Å². The van der Waals surface area contributed by atoms with Gasteiger partial charge in [-0.3, -0.25) is 9.48 Å². The second-order valence-electron chi connectivity index (χ2n) is 4.27. The maximum absolute atomic E-state index is 11.7. The number of furan rings is 1. The van der Waals surface area contributed by atoms with Crippen LogP contribution in [0.2, 0.25) is 0 Å². The van der Waals surface area contributed by atoms with E-state index >= 15 is 0 Å². The van der Waals surface area contributed by atoms with Crippen LogP contribution in [0.25, 0.3) is 0 Å². The lowest BCUT2D eigenvalue weighted by molar-refractivity contribution is -0.119. The Morgan fingerprint density at radius 3 is 2.75 bits per heavy atom. The number of ether oxygens (including phenoxy) is 1. The minimum Gasteiger partial charge on any atom is -0.457 e. The summed E-state index contributed by atoms with van der Waals surface area (Å²) >= 11 is 0. The zero-order chi connectivity index (χ0) is 14.7. The van der Waals surface area contributed by atoms with E-state index in [4.69, 9.17) is 9.15 Å². The highest BCUT2D eigenvalue weighted by Crippen LogP contribution is 2.18. The van der Waals surface area contributed by atoms with Gasteiger partial charge >= 0.3 is 5.97 Å². The molecule has 1 N–H and O–H groups in total. The molecule has 0 radical (unpaired) electrons. The molecule has 0 aliphatic heterocycles. The monoisotopic (exact) mass is 277 g/mol. The van der Waals surface area contributed by atoms with E-state index in [-0.39, 0.29) is 12.4 Å². The normalized spacial score (nSPS) is 10.3. The summed E-state index contributed by atoms with van der Waals surface area (Å²) in [6.07, 6.45) is 1.36. The number of esters is 1. The van der Waals surface area contributed by atoms with Crippen molar-refractivity contribution in [1.82, 2.24) is 9.78 Å². The van der Waals surface area contributed by atoms with E-state index in [9.17, 15) is 9.59 Å².